The molecule has 0 bridgehead atoms. The van der Waals surface area contributed by atoms with Gasteiger partial charge in [0.05, 0.1) is 5.69 Å². The van der Waals surface area contributed by atoms with E-state index in [0.717, 1.165) is 21.6 Å². The summed E-state index contributed by atoms with van der Waals surface area (Å²) in [6.07, 6.45) is 0. The fourth-order valence-electron chi connectivity index (χ4n) is 3.52. The van der Waals surface area contributed by atoms with Crippen molar-refractivity contribution in [2.45, 2.75) is 20.8 Å². The van der Waals surface area contributed by atoms with E-state index < -0.39 is 11.8 Å². The lowest BCUT2D eigenvalue weighted by atomic mass is 10.1. The summed E-state index contributed by atoms with van der Waals surface area (Å²) in [5, 5.41) is 6.16. The van der Waals surface area contributed by atoms with Crippen molar-refractivity contribution in [3.8, 4) is 0 Å². The van der Waals surface area contributed by atoms with E-state index in [1.807, 2.05) is 26.8 Å². The highest BCUT2D eigenvalue weighted by atomic mass is 35.5. The highest BCUT2D eigenvalue weighted by molar-refractivity contribution is 6.53. The van der Waals surface area contributed by atoms with E-state index in [-0.39, 0.29) is 16.6 Å². The zero-order chi connectivity index (χ0) is 24.6. The van der Waals surface area contributed by atoms with Crippen LogP contribution >= 0.6 is 23.2 Å². The van der Waals surface area contributed by atoms with Gasteiger partial charge in [0.25, 0.3) is 17.7 Å². The molecule has 6 nitrogen and oxygen atoms in total. The van der Waals surface area contributed by atoms with Crippen LogP contribution in [0.3, 0.4) is 0 Å². The first-order valence-corrected chi connectivity index (χ1v) is 11.2. The summed E-state index contributed by atoms with van der Waals surface area (Å²) in [4.78, 5) is 39.3. The molecule has 4 rings (SSSR count). The Bertz CT molecular complexity index is 1360. The van der Waals surface area contributed by atoms with Gasteiger partial charge in [-0.1, -0.05) is 29.3 Å². The number of nitrogens with one attached hydrogen (secondary N) is 2. The summed E-state index contributed by atoms with van der Waals surface area (Å²) in [6, 6.07) is 17.0. The summed E-state index contributed by atoms with van der Waals surface area (Å²) in [5.74, 6) is -1.42. The van der Waals surface area contributed by atoms with Gasteiger partial charge < -0.3 is 10.6 Å². The van der Waals surface area contributed by atoms with Crippen molar-refractivity contribution in [2.75, 3.05) is 15.5 Å². The molecule has 172 valence electrons. The van der Waals surface area contributed by atoms with E-state index in [1.54, 1.807) is 54.6 Å². The molecule has 0 saturated heterocycles. The van der Waals surface area contributed by atoms with E-state index in [4.69, 9.17) is 23.2 Å². The minimum atomic E-state index is -0.591. The number of aryl methyl sites for hydroxylation is 3. The van der Waals surface area contributed by atoms with Gasteiger partial charge in [-0.3, -0.25) is 14.4 Å². The van der Waals surface area contributed by atoms with Crippen LogP contribution < -0.4 is 15.5 Å². The van der Waals surface area contributed by atoms with Crippen LogP contribution in [0.2, 0.25) is 5.02 Å². The molecule has 0 unspecified atom stereocenters. The first-order valence-electron chi connectivity index (χ1n) is 10.5. The molecular weight excluding hydrogens is 473 g/mol. The van der Waals surface area contributed by atoms with Crippen LogP contribution in [-0.4, -0.2) is 17.7 Å². The van der Waals surface area contributed by atoms with Crippen molar-refractivity contribution < 1.29 is 14.4 Å². The Hall–Kier alpha value is -3.61. The van der Waals surface area contributed by atoms with Crippen LogP contribution in [0.5, 0.6) is 0 Å². The molecule has 0 fully saturated rings. The van der Waals surface area contributed by atoms with Gasteiger partial charge in [-0.15, -0.1) is 0 Å². The number of benzene rings is 3. The highest BCUT2D eigenvalue weighted by Gasteiger charge is 2.39. The van der Waals surface area contributed by atoms with E-state index in [0.29, 0.717) is 27.6 Å². The molecule has 1 aliphatic heterocycles. The van der Waals surface area contributed by atoms with Gasteiger partial charge in [-0.05, 0) is 92.1 Å². The Balaban J connectivity index is 1.49. The summed E-state index contributed by atoms with van der Waals surface area (Å²) in [7, 11) is 0. The number of hydrogen-bond donors (Lipinski definition) is 2. The highest BCUT2D eigenvalue weighted by Crippen LogP contribution is 2.31. The number of carbonyl (C=O) groups excluding carboxylic acids is 3. The second kappa shape index (κ2) is 9.33. The van der Waals surface area contributed by atoms with Crippen molar-refractivity contribution in [1.29, 1.82) is 0 Å². The second-order valence-corrected chi connectivity index (χ2v) is 8.83. The fraction of sp³-hybridized carbons (Fsp3) is 0.115. The minimum absolute atomic E-state index is 0.0149. The third kappa shape index (κ3) is 4.55. The van der Waals surface area contributed by atoms with E-state index >= 15 is 0 Å². The maximum absolute atomic E-state index is 13.0. The molecule has 0 aromatic heterocycles. The first-order chi connectivity index (χ1) is 16.2. The molecular formula is C26H21Cl2N3O3. The van der Waals surface area contributed by atoms with E-state index in [9.17, 15) is 14.4 Å². The lowest BCUT2D eigenvalue weighted by molar-refractivity contribution is -0.120. The topological polar surface area (TPSA) is 78.5 Å². The minimum Gasteiger partial charge on any atom is -0.350 e. The number of amides is 3. The third-order valence-corrected chi connectivity index (χ3v) is 6.21. The van der Waals surface area contributed by atoms with Crippen LogP contribution in [0, 0.1) is 20.8 Å². The van der Waals surface area contributed by atoms with Gasteiger partial charge in [0.15, 0.2) is 0 Å². The Morgan fingerprint density at radius 2 is 1.50 bits per heavy atom. The van der Waals surface area contributed by atoms with Crippen LogP contribution in [-0.2, 0) is 9.59 Å². The Morgan fingerprint density at radius 1 is 0.794 bits per heavy atom. The molecule has 1 aliphatic rings. The molecule has 2 N–H and O–H groups in total. The number of imide groups is 1. The van der Waals surface area contributed by atoms with Crippen molar-refractivity contribution >= 4 is 58.0 Å². The molecule has 3 aromatic carbocycles. The van der Waals surface area contributed by atoms with Crippen LogP contribution in [0.25, 0.3) is 0 Å². The number of nitrogens with zero attached hydrogens (tertiary/aromatic N) is 1. The molecule has 3 amide bonds. The molecule has 1 heterocycles. The summed E-state index contributed by atoms with van der Waals surface area (Å²) >= 11 is 12.2. The monoisotopic (exact) mass is 493 g/mol. The van der Waals surface area contributed by atoms with Crippen molar-refractivity contribution in [3.05, 3.63) is 98.7 Å². The first kappa shape index (κ1) is 23.5. The Kier molecular flexibility index (Phi) is 6.46. The van der Waals surface area contributed by atoms with Crippen LogP contribution in [0.4, 0.5) is 17.1 Å². The summed E-state index contributed by atoms with van der Waals surface area (Å²) < 4.78 is 0. The Labute approximate surface area is 207 Å². The average molecular weight is 494 g/mol. The lowest BCUT2D eigenvalue weighted by Crippen LogP contribution is -2.32. The van der Waals surface area contributed by atoms with Crippen molar-refractivity contribution in [1.82, 2.24) is 0 Å². The van der Waals surface area contributed by atoms with E-state index in [1.165, 1.54) is 0 Å². The van der Waals surface area contributed by atoms with Crippen molar-refractivity contribution in [2.24, 2.45) is 0 Å². The summed E-state index contributed by atoms with van der Waals surface area (Å²) in [5.41, 5.74) is 4.89. The maximum atomic E-state index is 13.0. The standard InChI is InChI=1S/C26H21Cl2N3O3/c1-14-4-10-20(13-15(14)2)31-25(33)22(28)23(26(31)34)29-19-8-5-17(6-9-19)24(32)30-21-11-7-18(27)12-16(21)3/h4-13,29H,1-3H3,(H,30,32). The molecule has 0 spiro atoms. The SMILES string of the molecule is Cc1ccc(N2C(=O)C(Cl)=C(Nc3ccc(C(=O)Nc4ccc(Cl)cc4C)cc3)C2=O)cc1C. The van der Waals surface area contributed by atoms with Gasteiger partial charge in [0.2, 0.25) is 0 Å². The zero-order valence-electron chi connectivity index (χ0n) is 18.7. The van der Waals surface area contributed by atoms with Gasteiger partial charge in [0.1, 0.15) is 10.7 Å². The van der Waals surface area contributed by atoms with E-state index in [2.05, 4.69) is 10.6 Å². The van der Waals surface area contributed by atoms with Crippen LogP contribution in [0.15, 0.2) is 71.4 Å². The predicted octanol–water partition coefficient (Wildman–Crippen LogP) is 5.95. The van der Waals surface area contributed by atoms with Crippen molar-refractivity contribution in [3.63, 3.8) is 0 Å². The van der Waals surface area contributed by atoms with Gasteiger partial charge in [-0.2, -0.15) is 0 Å². The van der Waals surface area contributed by atoms with Crippen LogP contribution in [0.1, 0.15) is 27.0 Å². The lowest BCUT2D eigenvalue weighted by Gasteiger charge is -2.16. The third-order valence-electron chi connectivity index (χ3n) is 5.63. The molecule has 0 saturated carbocycles. The molecule has 0 atom stereocenters. The number of hydrogen-bond acceptors (Lipinski definition) is 4. The number of halogens is 2. The normalized spacial score (nSPS) is 13.5. The molecule has 34 heavy (non-hydrogen) atoms. The zero-order valence-corrected chi connectivity index (χ0v) is 20.2. The van der Waals surface area contributed by atoms with Gasteiger partial charge >= 0.3 is 0 Å². The average Bonchev–Trinajstić information content (AvgIpc) is 3.01. The number of anilines is 3. The second-order valence-electron chi connectivity index (χ2n) is 8.02. The predicted molar refractivity (Wildman–Crippen MR) is 135 cm³/mol. The quantitative estimate of drug-likeness (QED) is 0.430. The molecule has 0 aliphatic carbocycles. The molecule has 8 heteroatoms. The molecule has 0 radical (unpaired) electrons. The summed E-state index contributed by atoms with van der Waals surface area (Å²) in [6.45, 7) is 5.71. The number of rotatable bonds is 5. The Morgan fingerprint density at radius 3 is 2.15 bits per heavy atom. The van der Waals surface area contributed by atoms with Gasteiger partial charge in [-0.25, -0.2) is 4.90 Å². The van der Waals surface area contributed by atoms with Gasteiger partial charge in [0, 0.05) is 22.0 Å². The maximum Gasteiger partial charge on any atom is 0.283 e. The number of carbonyl (C=O) groups is 3. The fourth-order valence-corrected chi connectivity index (χ4v) is 3.96. The smallest absolute Gasteiger partial charge is 0.283 e. The largest absolute Gasteiger partial charge is 0.350 e. The molecule has 3 aromatic rings.